The molecule has 1 aliphatic heterocycles. The van der Waals surface area contributed by atoms with Crippen LogP contribution in [0.3, 0.4) is 0 Å². The van der Waals surface area contributed by atoms with Crippen LogP contribution in [-0.4, -0.2) is 31.8 Å². The predicted octanol–water partition coefficient (Wildman–Crippen LogP) is 4.16. The zero-order valence-electron chi connectivity index (χ0n) is 14.9. The molecular weight excluding hydrogens is 430 g/mol. The summed E-state index contributed by atoms with van der Waals surface area (Å²) < 4.78 is 32.9. The molecule has 0 spiro atoms. The molecule has 0 radical (unpaired) electrons. The summed E-state index contributed by atoms with van der Waals surface area (Å²) in [5, 5.41) is 0. The Bertz CT molecular complexity index is 890. The van der Waals surface area contributed by atoms with Crippen molar-refractivity contribution < 1.29 is 17.9 Å². The van der Waals surface area contributed by atoms with E-state index in [1.807, 2.05) is 12.1 Å². The van der Waals surface area contributed by atoms with Crippen molar-refractivity contribution in [3.63, 3.8) is 0 Å². The largest absolute Gasteiger partial charge is 0.425 e. The van der Waals surface area contributed by atoms with Crippen LogP contribution in [0.4, 0.5) is 0 Å². The molecule has 0 unspecified atom stereocenters. The van der Waals surface area contributed by atoms with Gasteiger partial charge in [0, 0.05) is 19.5 Å². The molecule has 5 nitrogen and oxygen atoms in total. The summed E-state index contributed by atoms with van der Waals surface area (Å²) in [6.45, 7) is 1.18. The number of esters is 1. The zero-order chi connectivity index (χ0) is 19.3. The molecule has 2 aromatic carbocycles. The number of nitrogens with zero attached hydrogens (tertiary/aromatic N) is 1. The summed E-state index contributed by atoms with van der Waals surface area (Å²) in [5.74, 6) is 0.164. The Balaban J connectivity index is 1.57. The quantitative estimate of drug-likeness (QED) is 0.488. The number of hydrogen-bond acceptors (Lipinski definition) is 4. The van der Waals surface area contributed by atoms with Crippen molar-refractivity contribution in [2.24, 2.45) is 0 Å². The number of benzene rings is 2. The molecule has 0 N–H and O–H groups in total. The first-order chi connectivity index (χ1) is 13.0. The van der Waals surface area contributed by atoms with Gasteiger partial charge in [0.25, 0.3) is 0 Å². The molecule has 0 bridgehead atoms. The van der Waals surface area contributed by atoms with E-state index in [9.17, 15) is 13.2 Å². The van der Waals surface area contributed by atoms with Gasteiger partial charge in [-0.05, 0) is 65.0 Å². The van der Waals surface area contributed by atoms with Crippen molar-refractivity contribution in [1.29, 1.82) is 0 Å². The number of carbonyl (C=O) groups is 1. The minimum atomic E-state index is -3.42. The van der Waals surface area contributed by atoms with Gasteiger partial charge in [0.1, 0.15) is 5.75 Å². The fraction of sp³-hybridized carbons (Fsp3) is 0.350. The number of aryl methyl sites for hydroxylation is 1. The number of piperidine rings is 1. The highest BCUT2D eigenvalue weighted by Gasteiger charge is 2.25. The van der Waals surface area contributed by atoms with Crippen molar-refractivity contribution >= 4 is 31.9 Å². The lowest BCUT2D eigenvalue weighted by Gasteiger charge is -2.25. The van der Waals surface area contributed by atoms with E-state index >= 15 is 0 Å². The maximum Gasteiger partial charge on any atom is 0.311 e. The second-order valence-electron chi connectivity index (χ2n) is 6.51. The topological polar surface area (TPSA) is 63.7 Å². The van der Waals surface area contributed by atoms with Gasteiger partial charge in [0.2, 0.25) is 10.0 Å². The second-order valence-corrected chi connectivity index (χ2v) is 9.31. The molecule has 0 aliphatic carbocycles. The summed E-state index contributed by atoms with van der Waals surface area (Å²) in [5.41, 5.74) is 0.900. The molecule has 27 heavy (non-hydrogen) atoms. The van der Waals surface area contributed by atoms with E-state index in [1.165, 1.54) is 0 Å². The van der Waals surface area contributed by atoms with Crippen LogP contribution in [0.1, 0.15) is 31.2 Å². The normalized spacial score (nSPS) is 15.4. The Morgan fingerprint density at radius 2 is 1.67 bits per heavy atom. The van der Waals surface area contributed by atoms with Crippen LogP contribution >= 0.6 is 15.9 Å². The van der Waals surface area contributed by atoms with E-state index in [4.69, 9.17) is 4.74 Å². The van der Waals surface area contributed by atoms with E-state index in [1.54, 1.807) is 40.7 Å². The van der Waals surface area contributed by atoms with Gasteiger partial charge in [-0.2, -0.15) is 4.31 Å². The van der Waals surface area contributed by atoms with E-state index < -0.39 is 10.0 Å². The highest BCUT2D eigenvalue weighted by Crippen LogP contribution is 2.24. The Morgan fingerprint density at radius 3 is 2.33 bits per heavy atom. The average molecular weight is 452 g/mol. The number of para-hydroxylation sites is 1. The highest BCUT2D eigenvalue weighted by atomic mass is 79.9. The minimum absolute atomic E-state index is 0.222. The lowest BCUT2D eigenvalue weighted by atomic mass is 10.1. The standard InChI is InChI=1S/C20H22BrNO4S/c21-18-6-2-3-7-19(18)26-20(23)13-10-16-8-11-17(12-9-16)27(24,25)22-14-4-1-5-15-22/h2-3,6-9,11-12H,1,4-5,10,13-15H2. The van der Waals surface area contributed by atoms with Gasteiger partial charge in [-0.3, -0.25) is 4.79 Å². The van der Waals surface area contributed by atoms with Gasteiger partial charge in [-0.15, -0.1) is 0 Å². The van der Waals surface area contributed by atoms with E-state index in [0.717, 1.165) is 29.3 Å². The van der Waals surface area contributed by atoms with Crippen LogP contribution in [0.15, 0.2) is 57.9 Å². The third-order valence-electron chi connectivity index (χ3n) is 4.55. The van der Waals surface area contributed by atoms with Crippen LogP contribution in [-0.2, 0) is 21.2 Å². The first-order valence-corrected chi connectivity index (χ1v) is 11.2. The van der Waals surface area contributed by atoms with Gasteiger partial charge in [-0.1, -0.05) is 30.7 Å². The van der Waals surface area contributed by atoms with Gasteiger partial charge in [-0.25, -0.2) is 8.42 Å². The number of halogens is 1. The number of carbonyl (C=O) groups excluding carboxylic acids is 1. The Labute approximate surface area is 168 Å². The smallest absolute Gasteiger partial charge is 0.311 e. The van der Waals surface area contributed by atoms with Gasteiger partial charge in [0.05, 0.1) is 9.37 Å². The maximum absolute atomic E-state index is 12.6. The molecule has 7 heteroatoms. The van der Waals surface area contributed by atoms with E-state index in [0.29, 0.717) is 30.2 Å². The summed E-state index contributed by atoms with van der Waals surface area (Å²) in [4.78, 5) is 12.3. The fourth-order valence-corrected chi connectivity index (χ4v) is 4.91. The average Bonchev–Trinajstić information content (AvgIpc) is 2.69. The van der Waals surface area contributed by atoms with Crippen LogP contribution in [0.5, 0.6) is 5.75 Å². The third-order valence-corrected chi connectivity index (χ3v) is 7.12. The monoisotopic (exact) mass is 451 g/mol. The lowest BCUT2D eigenvalue weighted by molar-refractivity contribution is -0.134. The van der Waals surface area contributed by atoms with Crippen molar-refractivity contribution in [2.45, 2.75) is 37.0 Å². The van der Waals surface area contributed by atoms with Crippen molar-refractivity contribution in [3.8, 4) is 5.75 Å². The first-order valence-electron chi connectivity index (χ1n) is 9.01. The van der Waals surface area contributed by atoms with Crippen LogP contribution in [0.25, 0.3) is 0 Å². The second kappa shape index (κ2) is 8.99. The summed E-state index contributed by atoms with van der Waals surface area (Å²) in [6, 6.07) is 14.0. The molecule has 0 atom stereocenters. The molecule has 1 heterocycles. The van der Waals surface area contributed by atoms with Gasteiger partial charge in [0.15, 0.2) is 0 Å². The SMILES string of the molecule is O=C(CCc1ccc(S(=O)(=O)N2CCCCC2)cc1)Oc1ccccc1Br. The molecular formula is C20H22BrNO4S. The Kier molecular flexibility index (Phi) is 6.68. The van der Waals surface area contributed by atoms with Crippen molar-refractivity contribution in [1.82, 2.24) is 4.31 Å². The summed E-state index contributed by atoms with van der Waals surface area (Å²) in [7, 11) is -3.42. The molecule has 0 amide bonds. The summed E-state index contributed by atoms with van der Waals surface area (Å²) >= 11 is 3.34. The van der Waals surface area contributed by atoms with Gasteiger partial charge < -0.3 is 4.74 Å². The molecule has 2 aromatic rings. The molecule has 1 fully saturated rings. The molecule has 0 aromatic heterocycles. The van der Waals surface area contributed by atoms with Crippen LogP contribution in [0.2, 0.25) is 0 Å². The molecule has 1 aliphatic rings. The van der Waals surface area contributed by atoms with Gasteiger partial charge >= 0.3 is 5.97 Å². The number of sulfonamides is 1. The minimum Gasteiger partial charge on any atom is -0.425 e. The van der Waals surface area contributed by atoms with E-state index in [2.05, 4.69) is 15.9 Å². The molecule has 1 saturated heterocycles. The van der Waals surface area contributed by atoms with Crippen molar-refractivity contribution in [3.05, 3.63) is 58.6 Å². The third kappa shape index (κ3) is 5.18. The molecule has 3 rings (SSSR count). The number of rotatable bonds is 6. The maximum atomic E-state index is 12.6. The Morgan fingerprint density at radius 1 is 1.00 bits per heavy atom. The van der Waals surface area contributed by atoms with Crippen molar-refractivity contribution in [2.75, 3.05) is 13.1 Å². The Hall–Kier alpha value is -1.70. The highest BCUT2D eigenvalue weighted by molar-refractivity contribution is 9.10. The van der Waals surface area contributed by atoms with E-state index in [-0.39, 0.29) is 12.4 Å². The predicted molar refractivity (Wildman–Crippen MR) is 107 cm³/mol. The lowest BCUT2D eigenvalue weighted by Crippen LogP contribution is -2.35. The zero-order valence-corrected chi connectivity index (χ0v) is 17.3. The summed E-state index contributed by atoms with van der Waals surface area (Å²) in [6.07, 6.45) is 3.63. The fourth-order valence-electron chi connectivity index (χ4n) is 3.03. The van der Waals surface area contributed by atoms with Crippen LogP contribution in [0, 0.1) is 0 Å². The van der Waals surface area contributed by atoms with Crippen LogP contribution < -0.4 is 4.74 Å². The number of ether oxygens (including phenoxy) is 1. The molecule has 144 valence electrons. The number of hydrogen-bond donors (Lipinski definition) is 0. The molecule has 0 saturated carbocycles. The first kappa shape index (κ1) is 20.0.